The number of fused-ring (bicyclic) bond motifs is 1. The molecular formula is C14H16N2O2. The van der Waals surface area contributed by atoms with Gasteiger partial charge in [0.05, 0.1) is 5.84 Å². The van der Waals surface area contributed by atoms with Gasteiger partial charge in [0.1, 0.15) is 5.70 Å². The van der Waals surface area contributed by atoms with E-state index in [4.69, 9.17) is 0 Å². The minimum absolute atomic E-state index is 0.00153. The Bertz CT molecular complexity index is 544. The number of benzene rings is 1. The van der Waals surface area contributed by atoms with Crippen molar-refractivity contribution in [1.29, 1.82) is 0 Å². The summed E-state index contributed by atoms with van der Waals surface area (Å²) in [7, 11) is 0. The van der Waals surface area contributed by atoms with Crippen LogP contribution >= 0.6 is 0 Å². The number of hydrogen-bond donors (Lipinski definition) is 2. The number of nitrogens with zero attached hydrogens (tertiary/aromatic N) is 1. The van der Waals surface area contributed by atoms with Crippen LogP contribution in [0.5, 0.6) is 0 Å². The molecule has 2 N–H and O–H groups in total. The zero-order valence-electron chi connectivity index (χ0n) is 10.5. The lowest BCUT2D eigenvalue weighted by Gasteiger charge is -2.05. The quantitative estimate of drug-likeness (QED) is 0.634. The third-order valence-corrected chi connectivity index (χ3v) is 2.77. The normalized spacial score (nSPS) is 15.0. The number of carbonyl (C=O) groups excluding carboxylic acids is 1. The lowest BCUT2D eigenvalue weighted by atomic mass is 10.1. The first-order valence-electron chi connectivity index (χ1n) is 6.00. The van der Waals surface area contributed by atoms with Gasteiger partial charge in [-0.25, -0.2) is 0 Å². The van der Waals surface area contributed by atoms with Crippen molar-refractivity contribution in [2.24, 2.45) is 4.99 Å². The molecule has 0 heterocycles. The van der Waals surface area contributed by atoms with Crippen molar-refractivity contribution in [3.8, 4) is 0 Å². The Balaban J connectivity index is 2.26. The monoisotopic (exact) mass is 244 g/mol. The van der Waals surface area contributed by atoms with Crippen LogP contribution in [0, 0.1) is 0 Å². The molecule has 0 fully saturated rings. The smallest absolute Gasteiger partial charge is 0.213 e. The molecule has 0 saturated carbocycles. The number of amidine groups is 1. The van der Waals surface area contributed by atoms with E-state index in [1.54, 1.807) is 31.2 Å². The van der Waals surface area contributed by atoms with Crippen LogP contribution in [-0.4, -0.2) is 23.3 Å². The molecule has 1 aromatic carbocycles. The van der Waals surface area contributed by atoms with Crippen molar-refractivity contribution in [2.45, 2.75) is 20.3 Å². The van der Waals surface area contributed by atoms with E-state index >= 15 is 0 Å². The third-order valence-electron chi connectivity index (χ3n) is 2.77. The molecule has 1 aliphatic carbocycles. The van der Waals surface area contributed by atoms with Crippen LogP contribution in [0.25, 0.3) is 5.76 Å². The Morgan fingerprint density at radius 1 is 1.33 bits per heavy atom. The van der Waals surface area contributed by atoms with E-state index in [-0.39, 0.29) is 17.2 Å². The first kappa shape index (κ1) is 12.4. The van der Waals surface area contributed by atoms with E-state index in [0.29, 0.717) is 23.5 Å². The number of nitrogens with one attached hydrogen (secondary N) is 1. The highest BCUT2D eigenvalue weighted by atomic mass is 16.3. The maximum atomic E-state index is 12.1. The summed E-state index contributed by atoms with van der Waals surface area (Å²) in [6.45, 7) is 4.52. The average Bonchev–Trinajstić information content (AvgIpc) is 2.62. The van der Waals surface area contributed by atoms with Gasteiger partial charge in [0, 0.05) is 17.7 Å². The molecule has 0 aromatic heterocycles. The van der Waals surface area contributed by atoms with Gasteiger partial charge in [-0.05, 0) is 13.3 Å². The second-order valence-electron chi connectivity index (χ2n) is 4.19. The Morgan fingerprint density at radius 3 is 2.61 bits per heavy atom. The predicted octanol–water partition coefficient (Wildman–Crippen LogP) is 2.53. The summed E-state index contributed by atoms with van der Waals surface area (Å²) >= 11 is 0. The molecule has 1 aliphatic rings. The summed E-state index contributed by atoms with van der Waals surface area (Å²) in [5.74, 6) is 0.454. The fourth-order valence-corrected chi connectivity index (χ4v) is 1.88. The molecule has 0 amide bonds. The zero-order valence-corrected chi connectivity index (χ0v) is 10.5. The van der Waals surface area contributed by atoms with E-state index < -0.39 is 0 Å². The van der Waals surface area contributed by atoms with E-state index in [1.165, 1.54) is 0 Å². The number of carbonyl (C=O) groups is 1. The van der Waals surface area contributed by atoms with Crippen molar-refractivity contribution < 1.29 is 9.90 Å². The maximum absolute atomic E-state index is 12.1. The second kappa shape index (κ2) is 5.04. The standard InChI is InChI=1S/C14H16N2O2/c1-3-8-15-9(2)16-12-13(17)10-6-4-5-7-11(10)14(12)18/h4-7H,3,8H2,1-2H3,(H2,15,16,17,18). The number of Topliss-reactive ketones (excluding diaryl/α,β-unsaturated/α-hetero) is 1. The SMILES string of the molecule is CCCN=C(C)NC1=C(O)c2ccccc2C1=O. The second-order valence-corrected chi connectivity index (χ2v) is 4.19. The molecule has 18 heavy (non-hydrogen) atoms. The topological polar surface area (TPSA) is 61.7 Å². The summed E-state index contributed by atoms with van der Waals surface area (Å²) in [4.78, 5) is 16.3. The average molecular weight is 244 g/mol. The minimum atomic E-state index is -0.186. The number of allylic oxidation sites excluding steroid dienone is 1. The molecule has 4 heteroatoms. The zero-order chi connectivity index (χ0) is 13.1. The van der Waals surface area contributed by atoms with Crippen LogP contribution in [-0.2, 0) is 0 Å². The summed E-state index contributed by atoms with van der Waals surface area (Å²) in [6.07, 6.45) is 0.943. The van der Waals surface area contributed by atoms with Gasteiger partial charge in [0.15, 0.2) is 5.76 Å². The largest absolute Gasteiger partial charge is 0.505 e. The van der Waals surface area contributed by atoms with E-state index in [0.717, 1.165) is 6.42 Å². The van der Waals surface area contributed by atoms with Gasteiger partial charge >= 0.3 is 0 Å². The number of ketones is 1. The van der Waals surface area contributed by atoms with Gasteiger partial charge in [-0.15, -0.1) is 0 Å². The highest BCUT2D eigenvalue weighted by Crippen LogP contribution is 2.29. The van der Waals surface area contributed by atoms with Crippen molar-refractivity contribution in [3.63, 3.8) is 0 Å². The Labute approximate surface area is 106 Å². The van der Waals surface area contributed by atoms with Gasteiger partial charge in [-0.2, -0.15) is 0 Å². The van der Waals surface area contributed by atoms with Crippen LogP contribution in [0.3, 0.4) is 0 Å². The van der Waals surface area contributed by atoms with E-state index in [1.807, 2.05) is 6.92 Å². The summed E-state index contributed by atoms with van der Waals surface area (Å²) in [5, 5.41) is 12.9. The lowest BCUT2D eigenvalue weighted by Crippen LogP contribution is -2.24. The van der Waals surface area contributed by atoms with Crippen molar-refractivity contribution in [1.82, 2.24) is 5.32 Å². The first-order chi connectivity index (χ1) is 8.65. The molecule has 1 aromatic rings. The number of aliphatic hydroxyl groups is 1. The van der Waals surface area contributed by atoms with Gasteiger partial charge < -0.3 is 10.4 Å². The molecule has 0 atom stereocenters. The number of hydrogen-bond acceptors (Lipinski definition) is 3. The molecule has 94 valence electrons. The Kier molecular flexibility index (Phi) is 3.46. The van der Waals surface area contributed by atoms with Crippen LogP contribution in [0.4, 0.5) is 0 Å². The van der Waals surface area contributed by atoms with Crippen molar-refractivity contribution in [3.05, 3.63) is 41.1 Å². The number of aliphatic hydroxyl groups excluding tert-OH is 1. The van der Waals surface area contributed by atoms with Crippen LogP contribution in [0.1, 0.15) is 36.2 Å². The molecule has 0 unspecified atom stereocenters. The molecular weight excluding hydrogens is 228 g/mol. The van der Waals surface area contributed by atoms with Gasteiger partial charge in [0.25, 0.3) is 0 Å². The first-order valence-corrected chi connectivity index (χ1v) is 6.00. The molecule has 0 saturated heterocycles. The predicted molar refractivity (Wildman–Crippen MR) is 71.7 cm³/mol. The highest BCUT2D eigenvalue weighted by Gasteiger charge is 2.29. The lowest BCUT2D eigenvalue weighted by molar-refractivity contribution is 0.103. The van der Waals surface area contributed by atoms with Crippen LogP contribution < -0.4 is 5.32 Å². The Morgan fingerprint density at radius 2 is 2.00 bits per heavy atom. The highest BCUT2D eigenvalue weighted by molar-refractivity contribution is 6.20. The summed E-state index contributed by atoms with van der Waals surface area (Å²) in [5.41, 5.74) is 1.32. The summed E-state index contributed by atoms with van der Waals surface area (Å²) in [6, 6.07) is 7.02. The Hall–Kier alpha value is -2.10. The molecule has 0 aliphatic heterocycles. The molecule has 2 rings (SSSR count). The van der Waals surface area contributed by atoms with Gasteiger partial charge in [-0.1, -0.05) is 31.2 Å². The fraction of sp³-hybridized carbons (Fsp3) is 0.286. The van der Waals surface area contributed by atoms with Crippen molar-refractivity contribution in [2.75, 3.05) is 6.54 Å². The summed E-state index contributed by atoms with van der Waals surface area (Å²) < 4.78 is 0. The number of rotatable bonds is 3. The fourth-order valence-electron chi connectivity index (χ4n) is 1.88. The maximum Gasteiger partial charge on any atom is 0.213 e. The van der Waals surface area contributed by atoms with E-state index in [2.05, 4.69) is 10.3 Å². The molecule has 0 radical (unpaired) electrons. The third kappa shape index (κ3) is 2.14. The van der Waals surface area contributed by atoms with Crippen LogP contribution in [0.2, 0.25) is 0 Å². The molecule has 4 nitrogen and oxygen atoms in total. The number of aliphatic imine (C=N–C) groups is 1. The minimum Gasteiger partial charge on any atom is -0.505 e. The van der Waals surface area contributed by atoms with E-state index in [9.17, 15) is 9.90 Å². The van der Waals surface area contributed by atoms with Crippen molar-refractivity contribution >= 4 is 17.4 Å². The van der Waals surface area contributed by atoms with Crippen LogP contribution in [0.15, 0.2) is 35.0 Å². The van der Waals surface area contributed by atoms with Gasteiger partial charge in [0.2, 0.25) is 5.78 Å². The molecule has 0 bridgehead atoms. The van der Waals surface area contributed by atoms with Gasteiger partial charge in [-0.3, -0.25) is 9.79 Å². The molecule has 0 spiro atoms.